The summed E-state index contributed by atoms with van der Waals surface area (Å²) in [6.07, 6.45) is 4.36. The summed E-state index contributed by atoms with van der Waals surface area (Å²) in [5.74, 6) is 2.18. The van der Waals surface area contributed by atoms with Crippen LogP contribution in [0.5, 0.6) is 0 Å². The van der Waals surface area contributed by atoms with E-state index in [4.69, 9.17) is 9.26 Å². The lowest BCUT2D eigenvalue weighted by atomic mass is 9.97. The second kappa shape index (κ2) is 7.66. The zero-order chi connectivity index (χ0) is 17.1. The second-order valence-corrected chi connectivity index (χ2v) is 7.64. The van der Waals surface area contributed by atoms with Crippen LogP contribution < -0.4 is 0 Å². The predicted molar refractivity (Wildman–Crippen MR) is 93.7 cm³/mol. The molecule has 4 heterocycles. The van der Waals surface area contributed by atoms with Crippen molar-refractivity contribution in [2.24, 2.45) is 0 Å². The largest absolute Gasteiger partial charge is 0.381 e. The fourth-order valence-corrected chi connectivity index (χ4v) is 4.29. The summed E-state index contributed by atoms with van der Waals surface area (Å²) >= 11 is 1.63. The molecule has 0 N–H and O–H groups in total. The van der Waals surface area contributed by atoms with E-state index in [1.807, 2.05) is 21.7 Å². The van der Waals surface area contributed by atoms with Crippen LogP contribution in [0.2, 0.25) is 0 Å². The van der Waals surface area contributed by atoms with Crippen molar-refractivity contribution in [2.45, 2.75) is 43.9 Å². The van der Waals surface area contributed by atoms with Gasteiger partial charge in [0.2, 0.25) is 11.8 Å². The van der Waals surface area contributed by atoms with Gasteiger partial charge in [-0.3, -0.25) is 4.79 Å². The molecule has 1 amide bonds. The molecule has 6 nitrogen and oxygen atoms in total. The standard InChI is InChI=1S/C18H23N3O3S/c22-16(10-13-5-9-25-12-13)21-6-1-2-15(11-21)18-19-17(20-24-18)14-3-7-23-8-4-14/h5,9,12,14-15H,1-4,6-8,10-11H2. The Morgan fingerprint density at radius 3 is 2.96 bits per heavy atom. The smallest absolute Gasteiger partial charge is 0.231 e. The first-order chi connectivity index (χ1) is 12.3. The molecule has 0 saturated carbocycles. The van der Waals surface area contributed by atoms with Crippen LogP contribution in [0.15, 0.2) is 21.3 Å². The van der Waals surface area contributed by atoms with E-state index in [1.54, 1.807) is 11.3 Å². The van der Waals surface area contributed by atoms with Gasteiger partial charge in [0.1, 0.15) is 0 Å². The van der Waals surface area contributed by atoms with Gasteiger partial charge in [-0.2, -0.15) is 16.3 Å². The molecule has 2 saturated heterocycles. The number of nitrogens with zero attached hydrogens (tertiary/aromatic N) is 3. The van der Waals surface area contributed by atoms with Crippen LogP contribution in [0.4, 0.5) is 0 Å². The number of hydrogen-bond donors (Lipinski definition) is 0. The van der Waals surface area contributed by atoms with Crippen LogP contribution in [0.1, 0.15) is 54.8 Å². The summed E-state index contributed by atoms with van der Waals surface area (Å²) < 4.78 is 11.0. The third-order valence-electron chi connectivity index (χ3n) is 5.10. The zero-order valence-corrected chi connectivity index (χ0v) is 15.0. The topological polar surface area (TPSA) is 68.5 Å². The number of amides is 1. The SMILES string of the molecule is O=C(Cc1ccsc1)N1CCCC(c2nc(C3CCOCC3)no2)C1. The number of hydrogen-bond acceptors (Lipinski definition) is 6. The van der Waals surface area contributed by atoms with Crippen molar-refractivity contribution in [3.05, 3.63) is 34.1 Å². The molecule has 0 aromatic carbocycles. The molecule has 1 unspecified atom stereocenters. The molecule has 134 valence electrons. The number of ether oxygens (including phenoxy) is 1. The van der Waals surface area contributed by atoms with Crippen molar-refractivity contribution >= 4 is 17.2 Å². The number of likely N-dealkylation sites (tertiary alicyclic amines) is 1. The van der Waals surface area contributed by atoms with Crippen molar-refractivity contribution in [3.8, 4) is 0 Å². The maximum atomic E-state index is 12.5. The molecule has 1 atom stereocenters. The van der Waals surface area contributed by atoms with Gasteiger partial charge in [0, 0.05) is 32.2 Å². The normalized spacial score (nSPS) is 22.2. The van der Waals surface area contributed by atoms with Gasteiger partial charge in [0.05, 0.1) is 12.3 Å². The number of carbonyl (C=O) groups is 1. The Balaban J connectivity index is 1.39. The summed E-state index contributed by atoms with van der Waals surface area (Å²) in [6, 6.07) is 2.02. The Morgan fingerprint density at radius 1 is 1.28 bits per heavy atom. The lowest BCUT2D eigenvalue weighted by molar-refractivity contribution is -0.131. The third-order valence-corrected chi connectivity index (χ3v) is 5.83. The Morgan fingerprint density at radius 2 is 2.16 bits per heavy atom. The predicted octanol–water partition coefficient (Wildman–Crippen LogP) is 2.97. The maximum Gasteiger partial charge on any atom is 0.231 e. The van der Waals surface area contributed by atoms with Gasteiger partial charge in [-0.15, -0.1) is 0 Å². The third kappa shape index (κ3) is 3.93. The highest BCUT2D eigenvalue weighted by Gasteiger charge is 2.30. The molecule has 2 fully saturated rings. The molecular weight excluding hydrogens is 338 g/mol. The van der Waals surface area contributed by atoms with Gasteiger partial charge < -0.3 is 14.2 Å². The van der Waals surface area contributed by atoms with E-state index in [9.17, 15) is 4.79 Å². The quantitative estimate of drug-likeness (QED) is 0.837. The maximum absolute atomic E-state index is 12.5. The molecule has 0 spiro atoms. The van der Waals surface area contributed by atoms with Gasteiger partial charge >= 0.3 is 0 Å². The number of piperidine rings is 1. The van der Waals surface area contributed by atoms with Gasteiger partial charge in [-0.25, -0.2) is 0 Å². The highest BCUT2D eigenvalue weighted by molar-refractivity contribution is 7.07. The van der Waals surface area contributed by atoms with Crippen LogP contribution in [-0.2, 0) is 16.0 Å². The summed E-state index contributed by atoms with van der Waals surface area (Å²) in [4.78, 5) is 19.2. The Labute approximate surface area is 151 Å². The van der Waals surface area contributed by atoms with Crippen LogP contribution in [0.3, 0.4) is 0 Å². The van der Waals surface area contributed by atoms with Gasteiger partial charge in [-0.1, -0.05) is 5.16 Å². The first kappa shape index (κ1) is 16.7. The van der Waals surface area contributed by atoms with Crippen molar-refractivity contribution < 1.29 is 14.1 Å². The van der Waals surface area contributed by atoms with E-state index in [2.05, 4.69) is 10.1 Å². The van der Waals surface area contributed by atoms with E-state index in [0.717, 1.165) is 56.8 Å². The fraction of sp³-hybridized carbons (Fsp3) is 0.611. The molecule has 2 aliphatic rings. The average Bonchev–Trinajstić information content (AvgIpc) is 3.34. The summed E-state index contributed by atoms with van der Waals surface area (Å²) in [5.41, 5.74) is 1.09. The monoisotopic (exact) mass is 361 g/mol. The summed E-state index contributed by atoms with van der Waals surface area (Å²) in [6.45, 7) is 3.03. The molecule has 0 aliphatic carbocycles. The van der Waals surface area contributed by atoms with Gasteiger partial charge in [-0.05, 0) is 48.1 Å². The molecule has 2 aliphatic heterocycles. The highest BCUT2D eigenvalue weighted by atomic mass is 32.1. The summed E-state index contributed by atoms with van der Waals surface area (Å²) in [5, 5.41) is 8.25. The Bertz CT molecular complexity index is 694. The molecule has 2 aromatic rings. The average molecular weight is 361 g/mol. The number of aromatic nitrogens is 2. The van der Waals surface area contributed by atoms with Crippen molar-refractivity contribution in [2.75, 3.05) is 26.3 Å². The van der Waals surface area contributed by atoms with Crippen LogP contribution >= 0.6 is 11.3 Å². The molecule has 4 rings (SSSR count). The minimum absolute atomic E-state index is 0.154. The van der Waals surface area contributed by atoms with E-state index >= 15 is 0 Å². The number of thiophene rings is 1. The summed E-state index contributed by atoms with van der Waals surface area (Å²) in [7, 11) is 0. The second-order valence-electron chi connectivity index (χ2n) is 6.86. The Hall–Kier alpha value is -1.73. The van der Waals surface area contributed by atoms with Crippen LogP contribution in [0, 0.1) is 0 Å². The minimum Gasteiger partial charge on any atom is -0.381 e. The van der Waals surface area contributed by atoms with Crippen molar-refractivity contribution in [1.82, 2.24) is 15.0 Å². The minimum atomic E-state index is 0.154. The number of carbonyl (C=O) groups excluding carboxylic acids is 1. The molecule has 0 radical (unpaired) electrons. The van der Waals surface area contributed by atoms with Crippen LogP contribution in [0.25, 0.3) is 0 Å². The van der Waals surface area contributed by atoms with Crippen LogP contribution in [-0.4, -0.2) is 47.3 Å². The fourth-order valence-electron chi connectivity index (χ4n) is 3.62. The van der Waals surface area contributed by atoms with E-state index in [1.165, 1.54) is 0 Å². The highest BCUT2D eigenvalue weighted by Crippen LogP contribution is 2.29. The van der Waals surface area contributed by atoms with Gasteiger partial charge in [0.15, 0.2) is 5.82 Å². The lowest BCUT2D eigenvalue weighted by Gasteiger charge is -2.31. The van der Waals surface area contributed by atoms with Gasteiger partial charge in [0.25, 0.3) is 0 Å². The molecule has 7 heteroatoms. The Kier molecular flexibility index (Phi) is 5.12. The lowest BCUT2D eigenvalue weighted by Crippen LogP contribution is -2.40. The molecule has 2 aromatic heterocycles. The van der Waals surface area contributed by atoms with Crippen molar-refractivity contribution in [1.29, 1.82) is 0 Å². The van der Waals surface area contributed by atoms with E-state index < -0.39 is 0 Å². The first-order valence-electron chi connectivity index (χ1n) is 8.99. The van der Waals surface area contributed by atoms with E-state index in [-0.39, 0.29) is 11.8 Å². The first-order valence-corrected chi connectivity index (χ1v) is 9.94. The molecular formula is C18H23N3O3S. The van der Waals surface area contributed by atoms with E-state index in [0.29, 0.717) is 24.8 Å². The molecule has 25 heavy (non-hydrogen) atoms. The zero-order valence-electron chi connectivity index (χ0n) is 14.2. The number of rotatable bonds is 4. The molecule has 0 bridgehead atoms. The van der Waals surface area contributed by atoms with Crippen molar-refractivity contribution in [3.63, 3.8) is 0 Å².